The lowest BCUT2D eigenvalue weighted by Gasteiger charge is -2.33. The summed E-state index contributed by atoms with van der Waals surface area (Å²) in [6.45, 7) is 8.15. The van der Waals surface area contributed by atoms with Gasteiger partial charge >= 0.3 is 0 Å². The highest BCUT2D eigenvalue weighted by molar-refractivity contribution is 6.45. The molecule has 0 amide bonds. The number of hydrogen-bond acceptors (Lipinski definition) is 2. The molecule has 2 atom stereocenters. The zero-order chi connectivity index (χ0) is 33.8. The summed E-state index contributed by atoms with van der Waals surface area (Å²) in [6.07, 6.45) is 4.39. The monoisotopic (exact) mass is 642 g/mol. The molecule has 0 heterocycles. The van der Waals surface area contributed by atoms with Gasteiger partial charge in [-0.25, -0.2) is 0 Å². The van der Waals surface area contributed by atoms with Crippen molar-refractivity contribution >= 4 is 75.4 Å². The highest BCUT2D eigenvalue weighted by Crippen LogP contribution is 2.53. The van der Waals surface area contributed by atoms with E-state index in [1.807, 2.05) is 54.6 Å². The third-order valence-electron chi connectivity index (χ3n) is 11.4. The van der Waals surface area contributed by atoms with Gasteiger partial charge in [0.05, 0.1) is 0 Å². The van der Waals surface area contributed by atoms with E-state index in [1.165, 1.54) is 32.3 Å². The number of hydrogen-bond donors (Lipinski definition) is 2. The van der Waals surface area contributed by atoms with Gasteiger partial charge in [-0.05, 0) is 116 Å². The van der Waals surface area contributed by atoms with Crippen LogP contribution >= 0.6 is 0 Å². The Kier molecular flexibility index (Phi) is 6.04. The number of fused-ring (bicyclic) bond motifs is 1. The third-order valence-corrected chi connectivity index (χ3v) is 11.4. The first-order valence-electron chi connectivity index (χ1n) is 17.3. The number of aliphatic hydroxyl groups is 2. The van der Waals surface area contributed by atoms with Crippen molar-refractivity contribution in [2.45, 2.75) is 24.0 Å². The zero-order valence-corrected chi connectivity index (χ0v) is 27.6. The van der Waals surface area contributed by atoms with Gasteiger partial charge in [-0.1, -0.05) is 127 Å². The van der Waals surface area contributed by atoms with E-state index < -0.39 is 11.2 Å². The molecule has 238 valence electrons. The molecule has 0 aliphatic heterocycles. The van der Waals surface area contributed by atoms with Crippen LogP contribution < -0.4 is 0 Å². The Bertz CT molecular complexity index is 2920. The molecule has 0 bridgehead atoms. The Hall–Kier alpha value is -5.80. The van der Waals surface area contributed by atoms with Crippen LogP contribution in [0, 0.1) is 0 Å². The summed E-state index contributed by atoms with van der Waals surface area (Å²) >= 11 is 0. The van der Waals surface area contributed by atoms with Gasteiger partial charge in [-0.3, -0.25) is 0 Å². The molecule has 50 heavy (non-hydrogen) atoms. The fraction of sp³-hybridized carbons (Fsp3) is 0.0833. The normalized spacial score (nSPS) is 14.8. The van der Waals surface area contributed by atoms with Gasteiger partial charge in [0.25, 0.3) is 0 Å². The first-order chi connectivity index (χ1) is 24.4. The van der Waals surface area contributed by atoms with Gasteiger partial charge in [0.2, 0.25) is 0 Å². The van der Waals surface area contributed by atoms with Crippen LogP contribution in [0.15, 0.2) is 159 Å². The number of rotatable bonds is 8. The van der Waals surface area contributed by atoms with E-state index in [-0.39, 0.29) is 0 Å². The van der Waals surface area contributed by atoms with E-state index in [1.54, 1.807) is 0 Å². The summed E-state index contributed by atoms with van der Waals surface area (Å²) in [4.78, 5) is 0. The maximum atomic E-state index is 12.9. The van der Waals surface area contributed by atoms with Crippen molar-refractivity contribution in [1.82, 2.24) is 0 Å². The number of benzene rings is 10. The SMILES string of the molecule is C=CCC(O)(c1ccccc1)c1cc2ccc3cc(C(O)(CC=C)c4ccc5ccccc5c4)c4ccc5ccc6ccc1c1c6c5c4c3c21. The second-order valence-corrected chi connectivity index (χ2v) is 14.0. The predicted octanol–water partition coefficient (Wildman–Crippen LogP) is 11.7. The molecule has 0 radical (unpaired) electrons. The van der Waals surface area contributed by atoms with Gasteiger partial charge in [-0.2, -0.15) is 0 Å². The zero-order valence-electron chi connectivity index (χ0n) is 27.6. The fourth-order valence-electron chi connectivity index (χ4n) is 9.11. The van der Waals surface area contributed by atoms with Crippen LogP contribution in [0.5, 0.6) is 0 Å². The predicted molar refractivity (Wildman–Crippen MR) is 211 cm³/mol. The molecule has 2 N–H and O–H groups in total. The minimum Gasteiger partial charge on any atom is -0.380 e. The van der Waals surface area contributed by atoms with Crippen LogP contribution in [-0.2, 0) is 11.2 Å². The summed E-state index contributed by atoms with van der Waals surface area (Å²) in [7, 11) is 0. The van der Waals surface area contributed by atoms with Crippen LogP contribution in [0.4, 0.5) is 0 Å². The van der Waals surface area contributed by atoms with Crippen LogP contribution in [-0.4, -0.2) is 10.2 Å². The molecular formula is C48H34O2. The minimum atomic E-state index is -1.30. The third kappa shape index (κ3) is 3.75. The lowest BCUT2D eigenvalue weighted by atomic mass is 9.74. The van der Waals surface area contributed by atoms with Crippen LogP contribution in [0.2, 0.25) is 0 Å². The molecular weight excluding hydrogens is 609 g/mol. The Morgan fingerprint density at radius 2 is 0.840 bits per heavy atom. The van der Waals surface area contributed by atoms with Gasteiger partial charge < -0.3 is 10.2 Å². The van der Waals surface area contributed by atoms with Crippen LogP contribution in [0.1, 0.15) is 35.1 Å². The first-order valence-corrected chi connectivity index (χ1v) is 17.3. The van der Waals surface area contributed by atoms with E-state index in [4.69, 9.17) is 0 Å². The summed E-state index contributed by atoms with van der Waals surface area (Å²) in [6, 6.07) is 46.5. The standard InChI is InChI=1S/C48H34O2/c1-3-24-47(49,35-12-6-5-7-13-35)39-27-33-16-17-34-28-40(48(50,25-4-2)36-21-18-29-10-8-9-11-32(29)26-36)38-23-20-31-15-14-30-19-22-37(39)45-41(30)42(31)46(38)44(34)43(33)45/h3-23,26-28,49-50H,1-2,24-25H2. The van der Waals surface area contributed by atoms with E-state index in [9.17, 15) is 10.2 Å². The van der Waals surface area contributed by atoms with Crippen LogP contribution in [0.3, 0.4) is 0 Å². The highest BCUT2D eigenvalue weighted by atomic mass is 16.3. The van der Waals surface area contributed by atoms with Gasteiger partial charge in [-0.15, -0.1) is 13.2 Å². The summed E-state index contributed by atoms with van der Waals surface area (Å²) in [5.74, 6) is 0. The Balaban J connectivity index is 1.36. The molecule has 2 unspecified atom stereocenters. The Morgan fingerprint density at radius 1 is 0.400 bits per heavy atom. The van der Waals surface area contributed by atoms with E-state index in [0.717, 1.165) is 65.3 Å². The average molecular weight is 643 g/mol. The molecule has 0 fully saturated rings. The van der Waals surface area contributed by atoms with Crippen molar-refractivity contribution in [3.63, 3.8) is 0 Å². The fourth-order valence-corrected chi connectivity index (χ4v) is 9.11. The maximum absolute atomic E-state index is 12.9. The molecule has 0 spiro atoms. The molecule has 0 aliphatic carbocycles. The molecule has 0 saturated heterocycles. The molecule has 10 aromatic carbocycles. The Morgan fingerprint density at radius 3 is 1.40 bits per heavy atom. The average Bonchev–Trinajstić information content (AvgIpc) is 3.16. The molecule has 0 aromatic heterocycles. The highest BCUT2D eigenvalue weighted by Gasteiger charge is 2.36. The van der Waals surface area contributed by atoms with Crippen molar-refractivity contribution in [2.75, 3.05) is 0 Å². The van der Waals surface area contributed by atoms with Crippen molar-refractivity contribution in [1.29, 1.82) is 0 Å². The topological polar surface area (TPSA) is 40.5 Å². The second kappa shape index (κ2) is 10.4. The van der Waals surface area contributed by atoms with Crippen molar-refractivity contribution < 1.29 is 10.2 Å². The van der Waals surface area contributed by atoms with E-state index in [0.29, 0.717) is 12.8 Å². The molecule has 2 nitrogen and oxygen atoms in total. The molecule has 2 heteroatoms. The molecule has 10 aromatic rings. The van der Waals surface area contributed by atoms with Gasteiger partial charge in [0.15, 0.2) is 0 Å². The van der Waals surface area contributed by atoms with Crippen molar-refractivity contribution in [2.24, 2.45) is 0 Å². The van der Waals surface area contributed by atoms with E-state index in [2.05, 4.69) is 104 Å². The smallest absolute Gasteiger partial charge is 0.119 e. The van der Waals surface area contributed by atoms with Gasteiger partial charge in [0, 0.05) is 12.8 Å². The molecule has 0 aliphatic rings. The largest absolute Gasteiger partial charge is 0.380 e. The summed E-state index contributed by atoms with van der Waals surface area (Å²) in [5.41, 5.74) is 0.898. The van der Waals surface area contributed by atoms with E-state index >= 15 is 0 Å². The second-order valence-electron chi connectivity index (χ2n) is 14.0. The van der Waals surface area contributed by atoms with Crippen molar-refractivity contribution in [3.05, 3.63) is 181 Å². The Labute approximate surface area is 289 Å². The lowest BCUT2D eigenvalue weighted by molar-refractivity contribution is 0.0856. The maximum Gasteiger partial charge on any atom is 0.119 e. The quantitative estimate of drug-likeness (QED) is 0.0984. The van der Waals surface area contributed by atoms with Crippen molar-refractivity contribution in [3.8, 4) is 0 Å². The summed E-state index contributed by atoms with van der Waals surface area (Å²) in [5, 5.41) is 41.5. The molecule has 0 saturated carbocycles. The molecule has 10 rings (SSSR count). The van der Waals surface area contributed by atoms with Crippen LogP contribution in [0.25, 0.3) is 75.4 Å². The lowest BCUT2D eigenvalue weighted by Crippen LogP contribution is -2.27. The summed E-state index contributed by atoms with van der Waals surface area (Å²) < 4.78 is 0. The first kappa shape index (κ1) is 29.1. The minimum absolute atomic E-state index is 0.368. The van der Waals surface area contributed by atoms with Gasteiger partial charge in [0.1, 0.15) is 11.2 Å².